The molecule has 1 saturated heterocycles. The average molecular weight is 511 g/mol. The zero-order valence-electron chi connectivity index (χ0n) is 21.0. The predicted molar refractivity (Wildman–Crippen MR) is 154 cm³/mol. The minimum Gasteiger partial charge on any atom is -0.490 e. The Hall–Kier alpha value is -3.22. The van der Waals surface area contributed by atoms with Crippen molar-refractivity contribution in [2.45, 2.75) is 12.1 Å². The van der Waals surface area contributed by atoms with Crippen molar-refractivity contribution in [1.29, 1.82) is 0 Å². The monoisotopic (exact) mass is 510 g/mol. The minimum absolute atomic E-state index is 0.247. The van der Waals surface area contributed by atoms with Crippen LogP contribution in [0.5, 0.6) is 5.75 Å². The molecule has 3 aromatic carbocycles. The Morgan fingerprint density at radius 2 is 1.41 bits per heavy atom. The van der Waals surface area contributed by atoms with Gasteiger partial charge in [-0.3, -0.25) is 9.80 Å². The van der Waals surface area contributed by atoms with E-state index in [1.165, 1.54) is 16.0 Å². The van der Waals surface area contributed by atoms with Gasteiger partial charge in [0.1, 0.15) is 18.5 Å². The number of hydrogen-bond donors (Lipinski definition) is 1. The van der Waals surface area contributed by atoms with E-state index < -0.39 is 6.10 Å². The third kappa shape index (κ3) is 6.96. The summed E-state index contributed by atoms with van der Waals surface area (Å²) in [4.78, 5) is 6.11. The highest BCUT2D eigenvalue weighted by Crippen LogP contribution is 2.29. The topological polar surface area (TPSA) is 35.9 Å². The zero-order chi connectivity index (χ0) is 25.3. The number of rotatable bonds is 10. The third-order valence-corrected chi connectivity index (χ3v) is 7.63. The molecule has 2 heterocycles. The Balaban J connectivity index is 1.15. The number of aliphatic hydroxyl groups excluding tert-OH is 1. The van der Waals surface area contributed by atoms with Crippen LogP contribution in [0, 0.1) is 0 Å². The molecule has 1 fully saturated rings. The van der Waals surface area contributed by atoms with E-state index in [1.807, 2.05) is 30.3 Å². The van der Waals surface area contributed by atoms with E-state index >= 15 is 0 Å². The van der Waals surface area contributed by atoms with Crippen LogP contribution in [0.25, 0.3) is 12.2 Å². The highest BCUT2D eigenvalue weighted by Gasteiger charge is 2.27. The van der Waals surface area contributed by atoms with Crippen molar-refractivity contribution in [2.24, 2.45) is 0 Å². The molecule has 1 aliphatic rings. The number of hydrogen-bond acceptors (Lipinski definition) is 5. The van der Waals surface area contributed by atoms with Crippen molar-refractivity contribution in [3.05, 3.63) is 124 Å². The van der Waals surface area contributed by atoms with E-state index in [0.717, 1.165) is 37.5 Å². The van der Waals surface area contributed by atoms with Gasteiger partial charge < -0.3 is 9.84 Å². The number of benzene rings is 3. The Morgan fingerprint density at radius 3 is 2.05 bits per heavy atom. The summed E-state index contributed by atoms with van der Waals surface area (Å²) in [5.41, 5.74) is 3.66. The lowest BCUT2D eigenvalue weighted by molar-refractivity contribution is 0.0400. The Labute approximate surface area is 224 Å². The average Bonchev–Trinajstić information content (AvgIpc) is 3.47. The molecule has 0 amide bonds. The Bertz CT molecular complexity index is 1200. The van der Waals surface area contributed by atoms with Gasteiger partial charge >= 0.3 is 0 Å². The van der Waals surface area contributed by atoms with Crippen LogP contribution >= 0.6 is 11.3 Å². The molecule has 1 unspecified atom stereocenters. The molecule has 0 saturated carbocycles. The van der Waals surface area contributed by atoms with Gasteiger partial charge in [0.25, 0.3) is 0 Å². The molecule has 1 aromatic heterocycles. The highest BCUT2D eigenvalue weighted by atomic mass is 32.1. The van der Waals surface area contributed by atoms with Crippen molar-refractivity contribution in [2.75, 3.05) is 39.3 Å². The molecule has 5 rings (SSSR count). The number of ether oxygens (including phenoxy) is 1. The van der Waals surface area contributed by atoms with Crippen LogP contribution in [0.4, 0.5) is 0 Å². The van der Waals surface area contributed by atoms with Gasteiger partial charge in [0.15, 0.2) is 0 Å². The summed E-state index contributed by atoms with van der Waals surface area (Å²) >= 11 is 1.71. The number of β-amino-alcohol motifs (C(OH)–C–C–N with tert-alkyl or cyclic N) is 1. The highest BCUT2D eigenvalue weighted by molar-refractivity contribution is 7.10. The molecule has 0 bridgehead atoms. The van der Waals surface area contributed by atoms with Crippen LogP contribution < -0.4 is 4.74 Å². The van der Waals surface area contributed by atoms with E-state index in [4.69, 9.17) is 4.74 Å². The van der Waals surface area contributed by atoms with Gasteiger partial charge in [-0.25, -0.2) is 0 Å². The molecule has 5 heteroatoms. The molecule has 190 valence electrons. The fourth-order valence-corrected chi connectivity index (χ4v) is 5.55. The molecule has 37 heavy (non-hydrogen) atoms. The Kier molecular flexibility index (Phi) is 8.82. The largest absolute Gasteiger partial charge is 0.490 e. The first-order valence-corrected chi connectivity index (χ1v) is 13.8. The second kappa shape index (κ2) is 12.8. The molecule has 1 N–H and O–H groups in total. The molecule has 0 spiro atoms. The maximum Gasteiger partial charge on any atom is 0.126 e. The second-order valence-electron chi connectivity index (χ2n) is 9.41. The molecule has 4 aromatic rings. The molecular formula is C32H34N2O2S. The lowest BCUT2D eigenvalue weighted by Gasteiger charge is -2.40. The predicted octanol–water partition coefficient (Wildman–Crippen LogP) is 6.07. The number of nitrogens with zero attached hydrogens (tertiary/aromatic N) is 2. The maximum absolute atomic E-state index is 10.8. The van der Waals surface area contributed by atoms with Gasteiger partial charge in [0.05, 0.1) is 6.04 Å². The van der Waals surface area contributed by atoms with Crippen LogP contribution in [0.3, 0.4) is 0 Å². The molecule has 0 radical (unpaired) electrons. The molecule has 1 atom stereocenters. The summed E-state index contributed by atoms with van der Waals surface area (Å²) in [5, 5.41) is 12.8. The summed E-state index contributed by atoms with van der Waals surface area (Å²) in [6.07, 6.45) is 3.63. The molecule has 1 aliphatic heterocycles. The first-order valence-electron chi connectivity index (χ1n) is 12.9. The summed E-state index contributed by atoms with van der Waals surface area (Å²) < 4.78 is 6.05. The van der Waals surface area contributed by atoms with E-state index in [9.17, 15) is 5.11 Å². The van der Waals surface area contributed by atoms with E-state index in [0.29, 0.717) is 6.54 Å². The fraction of sp³-hybridized carbons (Fsp3) is 0.250. The molecule has 0 aliphatic carbocycles. The van der Waals surface area contributed by atoms with Crippen LogP contribution in [0.15, 0.2) is 102 Å². The first-order chi connectivity index (χ1) is 18.3. The van der Waals surface area contributed by atoms with Gasteiger partial charge in [0, 0.05) is 43.2 Å². The summed E-state index contributed by atoms with van der Waals surface area (Å²) in [5.74, 6) is 0.799. The van der Waals surface area contributed by atoms with Crippen LogP contribution in [0.2, 0.25) is 0 Å². The SMILES string of the molecule is OC(COc1ccccc1C=Cc1cccs1)CN1CCN(C(c2ccccc2)c2ccccc2)CC1. The fourth-order valence-electron chi connectivity index (χ4n) is 4.93. The standard InChI is InChI=1S/C32H34N2O2S/c35-29(25-36-31-16-8-7-10-26(31)17-18-30-15-9-23-37-30)24-33-19-21-34(22-20-33)32(27-11-3-1-4-12-27)28-13-5-2-6-14-28/h1-18,23,29,32,35H,19-22,24-25H2. The third-order valence-electron chi connectivity index (χ3n) is 6.79. The van der Waals surface area contributed by atoms with Crippen molar-refractivity contribution in [3.8, 4) is 5.75 Å². The van der Waals surface area contributed by atoms with Gasteiger partial charge in [-0.2, -0.15) is 0 Å². The zero-order valence-corrected chi connectivity index (χ0v) is 21.8. The van der Waals surface area contributed by atoms with Crippen LogP contribution in [0.1, 0.15) is 27.6 Å². The van der Waals surface area contributed by atoms with E-state index in [2.05, 4.69) is 94.1 Å². The summed E-state index contributed by atoms with van der Waals surface area (Å²) in [6.45, 7) is 4.65. The van der Waals surface area contributed by atoms with Crippen molar-refractivity contribution in [3.63, 3.8) is 0 Å². The van der Waals surface area contributed by atoms with E-state index in [-0.39, 0.29) is 12.6 Å². The molecule has 4 nitrogen and oxygen atoms in total. The van der Waals surface area contributed by atoms with Crippen molar-refractivity contribution < 1.29 is 9.84 Å². The quantitative estimate of drug-likeness (QED) is 0.281. The summed E-state index contributed by atoms with van der Waals surface area (Å²) in [7, 11) is 0. The smallest absolute Gasteiger partial charge is 0.126 e. The lowest BCUT2D eigenvalue weighted by Crippen LogP contribution is -2.50. The van der Waals surface area contributed by atoms with Crippen LogP contribution in [-0.4, -0.2) is 60.3 Å². The first kappa shape index (κ1) is 25.4. The van der Waals surface area contributed by atoms with Gasteiger partial charge in [-0.05, 0) is 40.8 Å². The van der Waals surface area contributed by atoms with Gasteiger partial charge in [-0.15, -0.1) is 11.3 Å². The van der Waals surface area contributed by atoms with E-state index in [1.54, 1.807) is 11.3 Å². The van der Waals surface area contributed by atoms with Gasteiger partial charge in [-0.1, -0.05) is 84.9 Å². The molecular weight excluding hydrogens is 476 g/mol. The second-order valence-corrected chi connectivity index (χ2v) is 10.4. The van der Waals surface area contributed by atoms with Crippen LogP contribution in [-0.2, 0) is 0 Å². The van der Waals surface area contributed by atoms with Crippen molar-refractivity contribution in [1.82, 2.24) is 9.80 Å². The number of para-hydroxylation sites is 1. The lowest BCUT2D eigenvalue weighted by atomic mass is 9.96. The normalized spacial score (nSPS) is 15.8. The number of piperazine rings is 1. The Morgan fingerprint density at radius 1 is 0.757 bits per heavy atom. The van der Waals surface area contributed by atoms with Gasteiger partial charge in [0.2, 0.25) is 0 Å². The number of aliphatic hydroxyl groups is 1. The maximum atomic E-state index is 10.8. The summed E-state index contributed by atoms with van der Waals surface area (Å²) in [6, 6.07) is 33.9. The number of thiophene rings is 1. The minimum atomic E-state index is -0.542. The van der Waals surface area contributed by atoms with Crippen molar-refractivity contribution >= 4 is 23.5 Å².